The number of nitrogens with zero attached hydrogens (tertiary/aromatic N) is 2. The van der Waals surface area contributed by atoms with Crippen molar-refractivity contribution in [1.29, 1.82) is 0 Å². The second-order valence-corrected chi connectivity index (χ2v) is 10.7. The minimum Gasteiger partial charge on any atom is -0.379 e. The van der Waals surface area contributed by atoms with Gasteiger partial charge in [-0.2, -0.15) is 4.31 Å². The topological polar surface area (TPSA) is 73.9 Å². The first-order valence-electron chi connectivity index (χ1n) is 9.41. The highest BCUT2D eigenvalue weighted by Crippen LogP contribution is 2.27. The molecule has 0 aliphatic carbocycles. The number of ether oxygens (including phenoxy) is 1. The van der Waals surface area contributed by atoms with Gasteiger partial charge in [-0.3, -0.25) is 0 Å². The SMILES string of the molecule is CN(C)C(CNC(=S)Nc1cc(S(=O)(=O)N2CCOCC2)ccc1Cl)c1cccs1. The summed E-state index contributed by atoms with van der Waals surface area (Å²) in [4.78, 5) is 3.51. The normalized spacial score (nSPS) is 16.4. The number of thiophene rings is 1. The monoisotopic (exact) mass is 488 g/mol. The van der Waals surface area contributed by atoms with Gasteiger partial charge in [-0.15, -0.1) is 11.3 Å². The van der Waals surface area contributed by atoms with Crippen molar-refractivity contribution in [3.63, 3.8) is 0 Å². The molecule has 1 atom stereocenters. The second kappa shape index (κ2) is 10.4. The van der Waals surface area contributed by atoms with E-state index in [4.69, 9.17) is 28.6 Å². The van der Waals surface area contributed by atoms with Crippen LogP contribution in [0.1, 0.15) is 10.9 Å². The molecule has 164 valence electrons. The number of hydrogen-bond donors (Lipinski definition) is 2. The average Bonchev–Trinajstić information content (AvgIpc) is 3.24. The third kappa shape index (κ3) is 5.70. The van der Waals surface area contributed by atoms with Crippen molar-refractivity contribution >= 4 is 56.0 Å². The van der Waals surface area contributed by atoms with E-state index in [-0.39, 0.29) is 10.9 Å². The van der Waals surface area contributed by atoms with E-state index in [1.54, 1.807) is 17.4 Å². The predicted octanol–water partition coefficient (Wildman–Crippen LogP) is 3.01. The molecule has 1 saturated heterocycles. The molecule has 0 bridgehead atoms. The number of benzene rings is 1. The molecule has 2 aromatic rings. The Morgan fingerprint density at radius 3 is 2.70 bits per heavy atom. The first-order chi connectivity index (χ1) is 14.3. The van der Waals surface area contributed by atoms with E-state index in [2.05, 4.69) is 21.6 Å². The Balaban J connectivity index is 1.68. The lowest BCUT2D eigenvalue weighted by Crippen LogP contribution is -2.40. The highest BCUT2D eigenvalue weighted by Gasteiger charge is 2.27. The summed E-state index contributed by atoms with van der Waals surface area (Å²) in [6.07, 6.45) is 0. The second-order valence-electron chi connectivity index (χ2n) is 6.99. The van der Waals surface area contributed by atoms with Crippen LogP contribution in [0.2, 0.25) is 5.02 Å². The quantitative estimate of drug-likeness (QED) is 0.580. The number of rotatable bonds is 7. The largest absolute Gasteiger partial charge is 0.379 e. The number of nitrogens with one attached hydrogen (secondary N) is 2. The Labute approximate surface area is 192 Å². The van der Waals surface area contributed by atoms with E-state index in [0.717, 1.165) is 0 Å². The minimum atomic E-state index is -3.62. The number of anilines is 1. The first-order valence-corrected chi connectivity index (χ1v) is 12.5. The maximum Gasteiger partial charge on any atom is 0.243 e. The smallest absolute Gasteiger partial charge is 0.243 e. The molecule has 3 rings (SSSR count). The molecule has 2 heterocycles. The molecule has 2 N–H and O–H groups in total. The summed E-state index contributed by atoms with van der Waals surface area (Å²) in [6.45, 7) is 2.06. The van der Waals surface area contributed by atoms with Crippen molar-refractivity contribution in [3.05, 3.63) is 45.6 Å². The van der Waals surface area contributed by atoms with Crippen molar-refractivity contribution in [1.82, 2.24) is 14.5 Å². The van der Waals surface area contributed by atoms with Crippen LogP contribution >= 0.6 is 35.2 Å². The van der Waals surface area contributed by atoms with Gasteiger partial charge in [0.05, 0.1) is 34.9 Å². The number of hydrogen-bond acceptors (Lipinski definition) is 6. The summed E-state index contributed by atoms with van der Waals surface area (Å²) in [6, 6.07) is 8.86. The molecule has 1 aromatic carbocycles. The lowest BCUT2D eigenvalue weighted by Gasteiger charge is -2.26. The van der Waals surface area contributed by atoms with Gasteiger partial charge >= 0.3 is 0 Å². The molecule has 1 aliphatic heterocycles. The van der Waals surface area contributed by atoms with Crippen LogP contribution in [0.4, 0.5) is 5.69 Å². The van der Waals surface area contributed by atoms with Gasteiger partial charge in [0.1, 0.15) is 0 Å². The Kier molecular flexibility index (Phi) is 8.08. The van der Waals surface area contributed by atoms with Crippen LogP contribution < -0.4 is 10.6 Å². The fourth-order valence-corrected chi connectivity index (χ4v) is 5.79. The van der Waals surface area contributed by atoms with E-state index in [1.807, 2.05) is 25.5 Å². The Bertz CT molecular complexity index is 961. The van der Waals surface area contributed by atoms with E-state index in [0.29, 0.717) is 48.7 Å². The van der Waals surface area contributed by atoms with Crippen molar-refractivity contribution in [2.45, 2.75) is 10.9 Å². The molecule has 1 aliphatic rings. The predicted molar refractivity (Wildman–Crippen MR) is 126 cm³/mol. The van der Waals surface area contributed by atoms with Crippen molar-refractivity contribution in [2.75, 3.05) is 52.3 Å². The maximum absolute atomic E-state index is 12.9. The summed E-state index contributed by atoms with van der Waals surface area (Å²) >= 11 is 13.4. The number of morpholine rings is 1. The van der Waals surface area contributed by atoms with Crippen LogP contribution in [0, 0.1) is 0 Å². The van der Waals surface area contributed by atoms with Crippen LogP contribution in [0.25, 0.3) is 0 Å². The Morgan fingerprint density at radius 1 is 1.33 bits per heavy atom. The highest BCUT2D eigenvalue weighted by atomic mass is 35.5. The zero-order chi connectivity index (χ0) is 21.7. The zero-order valence-corrected chi connectivity index (χ0v) is 20.0. The molecule has 1 unspecified atom stereocenters. The van der Waals surface area contributed by atoms with Crippen LogP contribution in [-0.4, -0.2) is 69.7 Å². The van der Waals surface area contributed by atoms with Gasteiger partial charge in [-0.25, -0.2) is 8.42 Å². The Morgan fingerprint density at radius 2 is 2.07 bits per heavy atom. The van der Waals surface area contributed by atoms with E-state index < -0.39 is 10.0 Å². The fraction of sp³-hybridized carbons (Fsp3) is 0.421. The number of thiocarbonyl (C=S) groups is 1. The van der Waals surface area contributed by atoms with Gasteiger partial charge in [0.2, 0.25) is 10.0 Å². The van der Waals surface area contributed by atoms with Crippen LogP contribution in [0.15, 0.2) is 40.6 Å². The van der Waals surface area contributed by atoms with Crippen LogP contribution in [-0.2, 0) is 14.8 Å². The summed E-state index contributed by atoms with van der Waals surface area (Å²) in [7, 11) is 0.409. The van der Waals surface area contributed by atoms with E-state index in [1.165, 1.54) is 21.3 Å². The van der Waals surface area contributed by atoms with Crippen molar-refractivity contribution in [2.24, 2.45) is 0 Å². The number of likely N-dealkylation sites (N-methyl/N-ethyl adjacent to an activating group) is 1. The molecule has 30 heavy (non-hydrogen) atoms. The van der Waals surface area contributed by atoms with Crippen molar-refractivity contribution in [3.8, 4) is 0 Å². The van der Waals surface area contributed by atoms with Gasteiger partial charge in [-0.05, 0) is 56.0 Å². The Hall–Kier alpha value is -1.27. The van der Waals surface area contributed by atoms with Crippen LogP contribution in [0.5, 0.6) is 0 Å². The van der Waals surface area contributed by atoms with Gasteiger partial charge in [0.15, 0.2) is 5.11 Å². The molecular formula is C19H25ClN4O3S3. The fourth-order valence-electron chi connectivity index (χ4n) is 3.07. The molecule has 0 spiro atoms. The van der Waals surface area contributed by atoms with Gasteiger partial charge in [0, 0.05) is 24.5 Å². The summed E-state index contributed by atoms with van der Waals surface area (Å²) < 4.78 is 32.5. The zero-order valence-electron chi connectivity index (χ0n) is 16.8. The van der Waals surface area contributed by atoms with Gasteiger partial charge < -0.3 is 20.3 Å². The molecule has 0 radical (unpaired) electrons. The number of sulfonamides is 1. The molecule has 11 heteroatoms. The summed E-state index contributed by atoms with van der Waals surface area (Å²) in [5.41, 5.74) is 0.445. The van der Waals surface area contributed by atoms with Gasteiger partial charge in [-0.1, -0.05) is 17.7 Å². The average molecular weight is 489 g/mol. The first kappa shape index (κ1) is 23.4. The summed E-state index contributed by atoms with van der Waals surface area (Å²) in [5.74, 6) is 0. The lowest BCUT2D eigenvalue weighted by atomic mass is 10.2. The van der Waals surface area contributed by atoms with Crippen LogP contribution in [0.3, 0.4) is 0 Å². The van der Waals surface area contributed by atoms with E-state index >= 15 is 0 Å². The van der Waals surface area contributed by atoms with Crippen molar-refractivity contribution < 1.29 is 13.2 Å². The third-order valence-electron chi connectivity index (χ3n) is 4.74. The maximum atomic E-state index is 12.9. The van der Waals surface area contributed by atoms with Gasteiger partial charge in [0.25, 0.3) is 0 Å². The molecule has 7 nitrogen and oxygen atoms in total. The number of halogens is 1. The molecule has 0 amide bonds. The standard InChI is InChI=1S/C19H25ClN4O3S3/c1-23(2)17(18-4-3-11-29-18)13-21-19(28)22-16-12-14(5-6-15(16)20)30(25,26)24-7-9-27-10-8-24/h3-6,11-12,17H,7-10,13H2,1-2H3,(H2,21,22,28). The minimum absolute atomic E-state index is 0.160. The lowest BCUT2D eigenvalue weighted by molar-refractivity contribution is 0.0730. The molecule has 0 saturated carbocycles. The van der Waals surface area contributed by atoms with E-state index in [9.17, 15) is 8.42 Å². The highest BCUT2D eigenvalue weighted by molar-refractivity contribution is 7.89. The third-order valence-corrected chi connectivity index (χ3v) is 8.19. The molecule has 1 fully saturated rings. The molecular weight excluding hydrogens is 464 g/mol. The summed E-state index contributed by atoms with van der Waals surface area (Å²) in [5, 5.41) is 9.04. The molecule has 1 aromatic heterocycles.